The van der Waals surface area contributed by atoms with Gasteiger partial charge < -0.3 is 0 Å². The third-order valence-electron chi connectivity index (χ3n) is 5.35. The van der Waals surface area contributed by atoms with Crippen LogP contribution in [0.4, 0.5) is 4.39 Å². The van der Waals surface area contributed by atoms with E-state index in [1.807, 2.05) is 6.07 Å². The summed E-state index contributed by atoms with van der Waals surface area (Å²) in [4.78, 5) is 0.237. The van der Waals surface area contributed by atoms with Gasteiger partial charge in [0.05, 0.1) is 15.0 Å². The summed E-state index contributed by atoms with van der Waals surface area (Å²) in [5.41, 5.74) is 2.26. The molecule has 1 heterocycles. The van der Waals surface area contributed by atoms with Crippen LogP contribution in [0.1, 0.15) is 24.0 Å². The molecular formula is C19H20FNO4S2. The lowest BCUT2D eigenvalue weighted by Crippen LogP contribution is -2.56. The van der Waals surface area contributed by atoms with Gasteiger partial charge in [-0.3, -0.25) is 0 Å². The maximum absolute atomic E-state index is 13.0. The van der Waals surface area contributed by atoms with Crippen molar-refractivity contribution < 1.29 is 21.2 Å². The second kappa shape index (κ2) is 6.68. The van der Waals surface area contributed by atoms with Crippen LogP contribution in [0.3, 0.4) is 0 Å². The molecule has 4 rings (SSSR count). The zero-order valence-electron chi connectivity index (χ0n) is 14.6. The Kier molecular flexibility index (Phi) is 4.60. The van der Waals surface area contributed by atoms with Gasteiger partial charge in [0.25, 0.3) is 0 Å². The van der Waals surface area contributed by atoms with E-state index in [2.05, 4.69) is 0 Å². The molecule has 1 fully saturated rings. The molecule has 0 radical (unpaired) electrons. The predicted octanol–water partition coefficient (Wildman–Crippen LogP) is 2.55. The van der Waals surface area contributed by atoms with Gasteiger partial charge in [0.1, 0.15) is 5.82 Å². The summed E-state index contributed by atoms with van der Waals surface area (Å²) in [5.74, 6) is -0.515. The smallest absolute Gasteiger partial charge is 0.223 e. The SMILES string of the molecule is O=S(=O)(c1ccc(F)cc1)C1CN(S(=O)(=O)c2ccc3c(c2)CCCC3)C1. The lowest BCUT2D eigenvalue weighted by atomic mass is 9.92. The van der Waals surface area contributed by atoms with Crippen LogP contribution < -0.4 is 0 Å². The minimum Gasteiger partial charge on any atom is -0.223 e. The molecule has 0 N–H and O–H groups in total. The van der Waals surface area contributed by atoms with Crippen molar-refractivity contribution in [1.82, 2.24) is 4.31 Å². The highest BCUT2D eigenvalue weighted by Crippen LogP contribution is 2.31. The summed E-state index contributed by atoms with van der Waals surface area (Å²) < 4.78 is 65.0. The molecule has 0 aromatic heterocycles. The number of sulfonamides is 1. The van der Waals surface area contributed by atoms with Crippen LogP contribution in [-0.2, 0) is 32.7 Å². The number of hydrogen-bond donors (Lipinski definition) is 0. The highest BCUT2D eigenvalue weighted by molar-refractivity contribution is 7.92. The molecule has 2 aliphatic rings. The van der Waals surface area contributed by atoms with E-state index in [1.165, 1.54) is 22.0 Å². The van der Waals surface area contributed by atoms with Gasteiger partial charge in [-0.1, -0.05) is 6.07 Å². The van der Waals surface area contributed by atoms with Gasteiger partial charge in [0.2, 0.25) is 10.0 Å². The standard InChI is InChI=1S/C19H20FNO4S2/c20-16-6-9-17(10-7-16)26(22,23)19-12-21(13-19)27(24,25)18-8-5-14-3-1-2-4-15(14)11-18/h5-11,19H,1-4,12-13H2. The molecule has 2 aromatic rings. The van der Waals surface area contributed by atoms with Gasteiger partial charge in [-0.15, -0.1) is 0 Å². The molecule has 0 saturated carbocycles. The zero-order chi connectivity index (χ0) is 19.2. The second-order valence-corrected chi connectivity index (χ2v) is 11.2. The minimum absolute atomic E-state index is 0.0136. The van der Waals surface area contributed by atoms with E-state index in [-0.39, 0.29) is 22.9 Å². The highest BCUT2D eigenvalue weighted by Gasteiger charge is 2.44. The molecule has 27 heavy (non-hydrogen) atoms. The lowest BCUT2D eigenvalue weighted by Gasteiger charge is -2.37. The molecule has 8 heteroatoms. The van der Waals surface area contributed by atoms with E-state index in [9.17, 15) is 21.2 Å². The number of hydrogen-bond acceptors (Lipinski definition) is 4. The van der Waals surface area contributed by atoms with E-state index < -0.39 is 30.9 Å². The van der Waals surface area contributed by atoms with Crippen molar-refractivity contribution in [2.24, 2.45) is 0 Å². The fourth-order valence-corrected chi connectivity index (χ4v) is 7.05. The summed E-state index contributed by atoms with van der Waals surface area (Å²) in [6, 6.07) is 9.82. The Morgan fingerprint density at radius 2 is 1.41 bits per heavy atom. The van der Waals surface area contributed by atoms with Gasteiger partial charge in [0.15, 0.2) is 9.84 Å². The Bertz CT molecular complexity index is 1070. The summed E-state index contributed by atoms with van der Waals surface area (Å²) in [7, 11) is -7.39. The maximum Gasteiger partial charge on any atom is 0.243 e. The average Bonchev–Trinajstić information content (AvgIpc) is 2.60. The third-order valence-corrected chi connectivity index (χ3v) is 9.29. The zero-order valence-corrected chi connectivity index (χ0v) is 16.3. The van der Waals surface area contributed by atoms with Gasteiger partial charge in [-0.2, -0.15) is 4.31 Å². The van der Waals surface area contributed by atoms with Crippen molar-refractivity contribution >= 4 is 19.9 Å². The number of nitrogens with zero attached hydrogens (tertiary/aromatic N) is 1. The van der Waals surface area contributed by atoms with E-state index in [1.54, 1.807) is 12.1 Å². The van der Waals surface area contributed by atoms with E-state index in [0.29, 0.717) is 0 Å². The van der Waals surface area contributed by atoms with Gasteiger partial charge in [-0.05, 0) is 73.2 Å². The fraction of sp³-hybridized carbons (Fsp3) is 0.368. The number of sulfone groups is 1. The van der Waals surface area contributed by atoms with Gasteiger partial charge in [-0.25, -0.2) is 21.2 Å². The molecule has 1 aliphatic heterocycles. The van der Waals surface area contributed by atoms with Crippen molar-refractivity contribution in [2.75, 3.05) is 13.1 Å². The molecule has 144 valence electrons. The van der Waals surface area contributed by atoms with Crippen LogP contribution >= 0.6 is 0 Å². The molecule has 0 spiro atoms. The van der Waals surface area contributed by atoms with Crippen LogP contribution in [0.2, 0.25) is 0 Å². The molecule has 0 unspecified atom stereocenters. The molecule has 0 bridgehead atoms. The number of benzene rings is 2. The summed E-state index contributed by atoms with van der Waals surface area (Å²) in [6.45, 7) is -0.168. The maximum atomic E-state index is 13.0. The Morgan fingerprint density at radius 1 is 0.815 bits per heavy atom. The molecule has 0 atom stereocenters. The molecule has 5 nitrogen and oxygen atoms in total. The minimum atomic E-state index is -3.71. The Labute approximate surface area is 158 Å². The van der Waals surface area contributed by atoms with Crippen molar-refractivity contribution in [3.8, 4) is 0 Å². The number of halogens is 1. The average molecular weight is 410 g/mol. The Balaban J connectivity index is 1.52. The van der Waals surface area contributed by atoms with Crippen LogP contribution in [0, 0.1) is 5.82 Å². The van der Waals surface area contributed by atoms with E-state index in [0.717, 1.165) is 43.4 Å². The largest absolute Gasteiger partial charge is 0.243 e. The van der Waals surface area contributed by atoms with Crippen LogP contribution in [-0.4, -0.2) is 39.5 Å². The van der Waals surface area contributed by atoms with Gasteiger partial charge in [0, 0.05) is 13.1 Å². The van der Waals surface area contributed by atoms with Crippen molar-refractivity contribution in [1.29, 1.82) is 0 Å². The monoisotopic (exact) mass is 409 g/mol. The Morgan fingerprint density at radius 3 is 2.07 bits per heavy atom. The number of rotatable bonds is 4. The summed E-state index contributed by atoms with van der Waals surface area (Å²) in [5, 5.41) is -0.810. The van der Waals surface area contributed by atoms with Crippen molar-refractivity contribution in [3.05, 3.63) is 59.4 Å². The van der Waals surface area contributed by atoms with E-state index >= 15 is 0 Å². The highest BCUT2D eigenvalue weighted by atomic mass is 32.2. The van der Waals surface area contributed by atoms with Crippen molar-refractivity contribution in [3.63, 3.8) is 0 Å². The second-order valence-electron chi connectivity index (χ2n) is 7.08. The first-order valence-corrected chi connectivity index (χ1v) is 11.9. The Hall–Kier alpha value is -1.77. The molecule has 1 aliphatic carbocycles. The first-order chi connectivity index (χ1) is 12.8. The number of fused-ring (bicyclic) bond motifs is 1. The molecule has 2 aromatic carbocycles. The lowest BCUT2D eigenvalue weighted by molar-refractivity contribution is 0.309. The van der Waals surface area contributed by atoms with Crippen molar-refractivity contribution in [2.45, 2.75) is 40.7 Å². The fourth-order valence-electron chi connectivity index (χ4n) is 3.63. The predicted molar refractivity (Wildman–Crippen MR) is 99.2 cm³/mol. The van der Waals surface area contributed by atoms with Gasteiger partial charge >= 0.3 is 0 Å². The van der Waals surface area contributed by atoms with Crippen LogP contribution in [0.25, 0.3) is 0 Å². The normalized spacial score (nSPS) is 18.7. The first-order valence-electron chi connectivity index (χ1n) is 8.90. The first kappa shape index (κ1) is 18.6. The van der Waals surface area contributed by atoms with E-state index in [4.69, 9.17) is 0 Å². The number of aryl methyl sites for hydroxylation is 2. The molecular weight excluding hydrogens is 389 g/mol. The van der Waals surface area contributed by atoms with Crippen LogP contribution in [0.5, 0.6) is 0 Å². The summed E-state index contributed by atoms with van der Waals surface area (Å²) in [6.07, 6.45) is 4.02. The summed E-state index contributed by atoms with van der Waals surface area (Å²) >= 11 is 0. The molecule has 0 amide bonds. The third kappa shape index (κ3) is 3.30. The molecule has 1 saturated heterocycles. The van der Waals surface area contributed by atoms with Crippen LogP contribution in [0.15, 0.2) is 52.3 Å². The quantitative estimate of drug-likeness (QED) is 0.728. The topological polar surface area (TPSA) is 71.5 Å².